The third kappa shape index (κ3) is 4.68. The fourth-order valence-electron chi connectivity index (χ4n) is 3.11. The highest BCUT2D eigenvalue weighted by Crippen LogP contribution is 2.33. The molecule has 0 spiro atoms. The van der Waals surface area contributed by atoms with Crippen molar-refractivity contribution in [1.82, 2.24) is 9.55 Å². The lowest BCUT2D eigenvalue weighted by molar-refractivity contribution is 0.0690. The molecule has 1 heterocycles. The van der Waals surface area contributed by atoms with Crippen LogP contribution in [-0.2, 0) is 6.42 Å². The number of hydrogen-bond donors (Lipinski definition) is 2. The van der Waals surface area contributed by atoms with Crippen LogP contribution in [0.4, 0.5) is 0 Å². The molecule has 0 amide bonds. The number of halogens is 2. The lowest BCUT2D eigenvalue weighted by atomic mass is 10.1. The van der Waals surface area contributed by atoms with E-state index in [-0.39, 0.29) is 12.3 Å². The van der Waals surface area contributed by atoms with Gasteiger partial charge < -0.3 is 10.2 Å². The molecular formula is C23H20Cl2N2O3. The first kappa shape index (κ1) is 21.9. The summed E-state index contributed by atoms with van der Waals surface area (Å²) in [6.07, 6.45) is 1.74. The van der Waals surface area contributed by atoms with Gasteiger partial charge in [0.15, 0.2) is 5.69 Å². The van der Waals surface area contributed by atoms with Crippen molar-refractivity contribution in [2.24, 2.45) is 0 Å². The average Bonchev–Trinajstić information content (AvgIpc) is 3.11. The molecule has 3 rings (SSSR count). The van der Waals surface area contributed by atoms with Crippen LogP contribution in [0.3, 0.4) is 0 Å². The molecule has 7 heteroatoms. The number of aromatic nitrogens is 2. The van der Waals surface area contributed by atoms with Gasteiger partial charge >= 0.3 is 5.97 Å². The van der Waals surface area contributed by atoms with E-state index in [0.717, 1.165) is 11.3 Å². The molecule has 0 aliphatic rings. The number of aliphatic hydroxyl groups excluding tert-OH is 1. The minimum Gasteiger partial charge on any atom is -0.476 e. The van der Waals surface area contributed by atoms with Crippen molar-refractivity contribution < 1.29 is 15.0 Å². The Bertz CT molecular complexity index is 1130. The number of hydrogen-bond acceptors (Lipinski definition) is 3. The summed E-state index contributed by atoms with van der Waals surface area (Å²) >= 11 is 12.4. The van der Waals surface area contributed by atoms with Gasteiger partial charge in [-0.15, -0.1) is 0 Å². The SMILES string of the molecule is CCc1c(C(=O)O)nc(-c2ccc(Cl)cc2Cl)n1-c1ccc(C#CCCCO)cc1. The first-order valence-electron chi connectivity index (χ1n) is 9.46. The first-order chi connectivity index (χ1) is 14.5. The number of carboxylic acid groups (broad SMARTS) is 1. The number of nitrogens with zero attached hydrogens (tertiary/aromatic N) is 2. The van der Waals surface area contributed by atoms with Crippen LogP contribution in [0, 0.1) is 11.8 Å². The van der Waals surface area contributed by atoms with E-state index in [1.54, 1.807) is 18.2 Å². The van der Waals surface area contributed by atoms with Gasteiger partial charge in [-0.05, 0) is 55.3 Å². The number of aliphatic hydroxyl groups is 1. The Morgan fingerprint density at radius 2 is 1.90 bits per heavy atom. The Labute approximate surface area is 184 Å². The molecule has 0 aliphatic carbocycles. The second-order valence-electron chi connectivity index (χ2n) is 6.52. The molecule has 0 saturated heterocycles. The molecule has 2 aromatic carbocycles. The maximum absolute atomic E-state index is 11.8. The van der Waals surface area contributed by atoms with Crippen LogP contribution >= 0.6 is 23.2 Å². The van der Waals surface area contributed by atoms with E-state index in [0.29, 0.717) is 46.4 Å². The Morgan fingerprint density at radius 1 is 1.17 bits per heavy atom. The fraction of sp³-hybridized carbons (Fsp3) is 0.217. The summed E-state index contributed by atoms with van der Waals surface area (Å²) in [7, 11) is 0. The molecule has 0 bridgehead atoms. The number of rotatable bonds is 6. The zero-order valence-corrected chi connectivity index (χ0v) is 17.8. The van der Waals surface area contributed by atoms with Crippen molar-refractivity contribution in [3.8, 4) is 28.9 Å². The summed E-state index contributed by atoms with van der Waals surface area (Å²) in [6.45, 7) is 2.00. The van der Waals surface area contributed by atoms with Crippen molar-refractivity contribution in [2.45, 2.75) is 26.2 Å². The maximum atomic E-state index is 11.8. The van der Waals surface area contributed by atoms with E-state index >= 15 is 0 Å². The molecular weight excluding hydrogens is 423 g/mol. The van der Waals surface area contributed by atoms with Crippen molar-refractivity contribution in [1.29, 1.82) is 0 Å². The van der Waals surface area contributed by atoms with Crippen molar-refractivity contribution in [3.63, 3.8) is 0 Å². The number of benzene rings is 2. The van der Waals surface area contributed by atoms with Gasteiger partial charge in [0.25, 0.3) is 0 Å². The molecule has 0 unspecified atom stereocenters. The number of imidazole rings is 1. The van der Waals surface area contributed by atoms with Gasteiger partial charge in [-0.1, -0.05) is 42.0 Å². The molecule has 0 radical (unpaired) electrons. The second-order valence-corrected chi connectivity index (χ2v) is 7.37. The zero-order chi connectivity index (χ0) is 21.7. The monoisotopic (exact) mass is 442 g/mol. The highest BCUT2D eigenvalue weighted by Gasteiger charge is 2.24. The third-order valence-electron chi connectivity index (χ3n) is 4.50. The highest BCUT2D eigenvalue weighted by atomic mass is 35.5. The van der Waals surface area contributed by atoms with Crippen LogP contribution in [0.1, 0.15) is 41.5 Å². The number of unbranched alkanes of at least 4 members (excludes halogenated alkanes) is 1. The molecule has 0 saturated carbocycles. The zero-order valence-electron chi connectivity index (χ0n) is 16.3. The van der Waals surface area contributed by atoms with E-state index in [2.05, 4.69) is 16.8 Å². The van der Waals surface area contributed by atoms with E-state index in [1.165, 1.54) is 0 Å². The smallest absolute Gasteiger partial charge is 0.356 e. The second kappa shape index (κ2) is 9.82. The normalized spacial score (nSPS) is 10.5. The number of carboxylic acids is 1. The largest absolute Gasteiger partial charge is 0.476 e. The Kier molecular flexibility index (Phi) is 7.17. The molecule has 1 aromatic heterocycles. The fourth-order valence-corrected chi connectivity index (χ4v) is 3.60. The highest BCUT2D eigenvalue weighted by molar-refractivity contribution is 6.36. The summed E-state index contributed by atoms with van der Waals surface area (Å²) in [4.78, 5) is 16.2. The molecule has 0 fully saturated rings. The first-order valence-corrected chi connectivity index (χ1v) is 10.2. The van der Waals surface area contributed by atoms with Crippen molar-refractivity contribution >= 4 is 29.2 Å². The summed E-state index contributed by atoms with van der Waals surface area (Å²) < 4.78 is 1.81. The van der Waals surface area contributed by atoms with Crippen LogP contribution in [0.2, 0.25) is 10.0 Å². The molecule has 0 atom stereocenters. The number of carbonyl (C=O) groups is 1. The molecule has 5 nitrogen and oxygen atoms in total. The van der Waals surface area contributed by atoms with Crippen LogP contribution in [-0.4, -0.2) is 32.3 Å². The van der Waals surface area contributed by atoms with E-state index in [4.69, 9.17) is 28.3 Å². The van der Waals surface area contributed by atoms with Gasteiger partial charge in [-0.25, -0.2) is 9.78 Å². The number of aromatic carboxylic acids is 1. The molecule has 2 N–H and O–H groups in total. The van der Waals surface area contributed by atoms with Gasteiger partial charge in [0.2, 0.25) is 0 Å². The standard InChI is InChI=1S/C23H20Cl2N2O3/c1-2-20-21(23(29)30)26-22(18-12-9-16(24)14-19(18)25)27(20)17-10-7-15(8-11-17)6-4-3-5-13-28/h7-12,14,28H,2-3,5,13H2,1H3,(H,29,30). The Hall–Kier alpha value is -2.78. The molecule has 3 aromatic rings. The predicted molar refractivity (Wildman–Crippen MR) is 119 cm³/mol. The molecule has 30 heavy (non-hydrogen) atoms. The van der Waals surface area contributed by atoms with Gasteiger partial charge in [0.1, 0.15) is 5.82 Å². The Balaban J connectivity index is 2.12. The lowest BCUT2D eigenvalue weighted by Gasteiger charge is -2.13. The van der Waals surface area contributed by atoms with Gasteiger partial charge in [0, 0.05) is 34.9 Å². The van der Waals surface area contributed by atoms with Gasteiger partial charge in [-0.3, -0.25) is 4.57 Å². The van der Waals surface area contributed by atoms with E-state index < -0.39 is 5.97 Å². The lowest BCUT2D eigenvalue weighted by Crippen LogP contribution is -2.06. The predicted octanol–water partition coefficient (Wildman–Crippen LogP) is 5.23. The minimum atomic E-state index is -1.09. The van der Waals surface area contributed by atoms with Gasteiger partial charge in [-0.2, -0.15) is 0 Å². The molecule has 154 valence electrons. The van der Waals surface area contributed by atoms with E-state index in [9.17, 15) is 9.90 Å². The Morgan fingerprint density at radius 3 is 2.50 bits per heavy atom. The van der Waals surface area contributed by atoms with E-state index in [1.807, 2.05) is 35.8 Å². The van der Waals surface area contributed by atoms with Gasteiger partial charge in [0.05, 0.1) is 10.7 Å². The van der Waals surface area contributed by atoms with Crippen molar-refractivity contribution in [3.05, 3.63) is 69.5 Å². The van der Waals surface area contributed by atoms with Crippen LogP contribution in [0.5, 0.6) is 0 Å². The van der Waals surface area contributed by atoms with Crippen molar-refractivity contribution in [2.75, 3.05) is 6.61 Å². The summed E-state index contributed by atoms with van der Waals surface area (Å²) in [5.74, 6) is 5.42. The van der Waals surface area contributed by atoms with Crippen LogP contribution < -0.4 is 0 Å². The summed E-state index contributed by atoms with van der Waals surface area (Å²) in [6, 6.07) is 12.5. The quantitative estimate of drug-likeness (QED) is 0.404. The van der Waals surface area contributed by atoms with Crippen LogP contribution in [0.15, 0.2) is 42.5 Å². The maximum Gasteiger partial charge on any atom is 0.356 e. The third-order valence-corrected chi connectivity index (χ3v) is 5.05. The topological polar surface area (TPSA) is 75.3 Å². The van der Waals surface area contributed by atoms with Crippen LogP contribution in [0.25, 0.3) is 17.1 Å². The minimum absolute atomic E-state index is 0.00797. The molecule has 0 aliphatic heterocycles. The summed E-state index contributed by atoms with van der Waals surface area (Å²) in [5.41, 5.74) is 2.75. The average molecular weight is 443 g/mol. The summed E-state index contributed by atoms with van der Waals surface area (Å²) in [5, 5.41) is 19.4.